The van der Waals surface area contributed by atoms with Gasteiger partial charge in [-0.05, 0) is 30.9 Å². The molecule has 0 aliphatic heterocycles. The van der Waals surface area contributed by atoms with E-state index in [4.69, 9.17) is 11.6 Å². The predicted molar refractivity (Wildman–Crippen MR) is 92.9 cm³/mol. The summed E-state index contributed by atoms with van der Waals surface area (Å²) in [5, 5.41) is 0.299. The van der Waals surface area contributed by atoms with Crippen LogP contribution in [0, 0.1) is 6.92 Å². The van der Waals surface area contributed by atoms with Crippen molar-refractivity contribution in [2.75, 3.05) is 5.75 Å². The summed E-state index contributed by atoms with van der Waals surface area (Å²) in [6, 6.07) is 4.48. The quantitative estimate of drug-likeness (QED) is 0.462. The fourth-order valence-electron chi connectivity index (χ4n) is 2.66. The lowest BCUT2D eigenvalue weighted by molar-refractivity contribution is -0.141. The van der Waals surface area contributed by atoms with Crippen molar-refractivity contribution >= 4 is 34.4 Å². The van der Waals surface area contributed by atoms with Crippen molar-refractivity contribution in [1.29, 1.82) is 0 Å². The van der Waals surface area contributed by atoms with E-state index in [0.29, 0.717) is 22.2 Å². The van der Waals surface area contributed by atoms with Crippen LogP contribution < -0.4 is 0 Å². The van der Waals surface area contributed by atoms with Gasteiger partial charge in [0.05, 0.1) is 16.7 Å². The molecule has 0 bridgehead atoms. The molecule has 0 N–H and O–H groups in total. The lowest BCUT2D eigenvalue weighted by Gasteiger charge is -2.09. The Bertz CT molecular complexity index is 953. The van der Waals surface area contributed by atoms with E-state index in [0.717, 1.165) is 16.7 Å². The van der Waals surface area contributed by atoms with Crippen molar-refractivity contribution < 1.29 is 13.2 Å². The van der Waals surface area contributed by atoms with Crippen LogP contribution in [0.25, 0.3) is 22.6 Å². The number of aryl methyl sites for hydroxylation is 2. The zero-order chi connectivity index (χ0) is 18.4. The first-order valence-electron chi connectivity index (χ1n) is 7.43. The Labute approximate surface area is 151 Å². The van der Waals surface area contributed by atoms with Crippen molar-refractivity contribution in [1.82, 2.24) is 19.5 Å². The zero-order valence-corrected chi connectivity index (χ0v) is 15.2. The number of halogens is 4. The average molecular weight is 387 g/mol. The third-order valence-electron chi connectivity index (χ3n) is 3.65. The normalized spacial score (nSPS) is 12.1. The van der Waals surface area contributed by atoms with Crippen LogP contribution in [0.2, 0.25) is 5.15 Å². The third-order valence-corrected chi connectivity index (χ3v) is 4.79. The standard InChI is InChI=1S/C16H14ClF3N4S/c1-4-25-10-5-6-12(17)23-13(10)15-22-9-7-11(16(18,19)20)21-8(2)14(9)24(15)3/h5-7H,4H2,1-3H3. The summed E-state index contributed by atoms with van der Waals surface area (Å²) in [6.45, 7) is 3.54. The van der Waals surface area contributed by atoms with Gasteiger partial charge in [0, 0.05) is 11.9 Å². The molecule has 3 aromatic heterocycles. The number of pyridine rings is 2. The molecule has 3 rings (SSSR count). The lowest BCUT2D eigenvalue weighted by Crippen LogP contribution is -2.09. The maximum absolute atomic E-state index is 13.0. The van der Waals surface area contributed by atoms with Gasteiger partial charge in [-0.1, -0.05) is 18.5 Å². The molecule has 0 spiro atoms. The molecule has 0 amide bonds. The summed E-state index contributed by atoms with van der Waals surface area (Å²) in [4.78, 5) is 13.3. The molecule has 0 unspecified atom stereocenters. The molecule has 0 aliphatic rings. The Morgan fingerprint density at radius 1 is 1.20 bits per heavy atom. The summed E-state index contributed by atoms with van der Waals surface area (Å²) in [7, 11) is 1.73. The topological polar surface area (TPSA) is 43.6 Å². The number of hydrogen-bond acceptors (Lipinski definition) is 4. The number of thioether (sulfide) groups is 1. The van der Waals surface area contributed by atoms with E-state index >= 15 is 0 Å². The second kappa shape index (κ2) is 6.49. The van der Waals surface area contributed by atoms with E-state index in [2.05, 4.69) is 15.0 Å². The molecule has 9 heteroatoms. The molecule has 0 saturated heterocycles. The highest BCUT2D eigenvalue weighted by molar-refractivity contribution is 7.99. The lowest BCUT2D eigenvalue weighted by atomic mass is 10.2. The van der Waals surface area contributed by atoms with Crippen LogP contribution in [0.5, 0.6) is 0 Å². The molecule has 3 aromatic rings. The van der Waals surface area contributed by atoms with Crippen LogP contribution >= 0.6 is 23.4 Å². The highest BCUT2D eigenvalue weighted by Gasteiger charge is 2.34. The maximum Gasteiger partial charge on any atom is 0.433 e. The number of imidazole rings is 1. The van der Waals surface area contributed by atoms with Crippen molar-refractivity contribution in [3.05, 3.63) is 34.7 Å². The first-order chi connectivity index (χ1) is 11.7. The zero-order valence-electron chi connectivity index (χ0n) is 13.6. The highest BCUT2D eigenvalue weighted by Crippen LogP contribution is 2.35. The van der Waals surface area contributed by atoms with Gasteiger partial charge in [0.25, 0.3) is 0 Å². The molecule has 0 atom stereocenters. The van der Waals surface area contributed by atoms with E-state index in [1.165, 1.54) is 6.92 Å². The molecule has 25 heavy (non-hydrogen) atoms. The summed E-state index contributed by atoms with van der Waals surface area (Å²) in [6.07, 6.45) is -4.52. The van der Waals surface area contributed by atoms with Crippen LogP contribution in [-0.4, -0.2) is 25.3 Å². The second-order valence-corrected chi connectivity index (χ2v) is 7.06. The molecule has 0 fully saturated rings. The SMILES string of the molecule is CCSc1ccc(Cl)nc1-c1nc2cc(C(F)(F)F)nc(C)c2n1C. The monoisotopic (exact) mass is 386 g/mol. The number of aromatic nitrogens is 4. The predicted octanol–water partition coefficient (Wildman–Crippen LogP) is 5.12. The van der Waals surface area contributed by atoms with Gasteiger partial charge in [-0.15, -0.1) is 11.8 Å². The van der Waals surface area contributed by atoms with Gasteiger partial charge in [0.2, 0.25) is 0 Å². The molecule has 0 saturated carbocycles. The summed E-state index contributed by atoms with van der Waals surface area (Å²) in [5.41, 5.74) is 0.622. The van der Waals surface area contributed by atoms with Gasteiger partial charge < -0.3 is 4.57 Å². The van der Waals surface area contributed by atoms with Crippen molar-refractivity contribution in [3.63, 3.8) is 0 Å². The number of nitrogens with zero attached hydrogens (tertiary/aromatic N) is 4. The number of rotatable bonds is 3. The van der Waals surface area contributed by atoms with Gasteiger partial charge >= 0.3 is 6.18 Å². The van der Waals surface area contributed by atoms with Crippen molar-refractivity contribution in [2.45, 2.75) is 24.9 Å². The smallest absolute Gasteiger partial charge is 0.324 e. The van der Waals surface area contributed by atoms with Crippen LogP contribution in [0.1, 0.15) is 18.3 Å². The van der Waals surface area contributed by atoms with E-state index in [1.807, 2.05) is 13.0 Å². The van der Waals surface area contributed by atoms with Crippen LogP contribution in [-0.2, 0) is 13.2 Å². The Hall–Kier alpha value is -1.80. The minimum Gasteiger partial charge on any atom is -0.324 e. The Morgan fingerprint density at radius 3 is 2.56 bits per heavy atom. The first-order valence-corrected chi connectivity index (χ1v) is 8.79. The molecule has 132 valence electrons. The Morgan fingerprint density at radius 2 is 1.92 bits per heavy atom. The molecule has 4 nitrogen and oxygen atoms in total. The van der Waals surface area contributed by atoms with E-state index in [-0.39, 0.29) is 11.2 Å². The van der Waals surface area contributed by atoms with E-state index < -0.39 is 11.9 Å². The van der Waals surface area contributed by atoms with Crippen LogP contribution in [0.4, 0.5) is 13.2 Å². The molecule has 0 aliphatic carbocycles. The average Bonchev–Trinajstić information content (AvgIpc) is 2.86. The third kappa shape index (κ3) is 3.32. The Balaban J connectivity index is 2.27. The summed E-state index contributed by atoms with van der Waals surface area (Å²) >= 11 is 7.58. The molecule has 3 heterocycles. The van der Waals surface area contributed by atoms with Gasteiger partial charge in [-0.2, -0.15) is 13.2 Å². The molecular weight excluding hydrogens is 373 g/mol. The van der Waals surface area contributed by atoms with Gasteiger partial charge in [-0.3, -0.25) is 0 Å². The number of fused-ring (bicyclic) bond motifs is 1. The molecule has 0 aromatic carbocycles. The van der Waals surface area contributed by atoms with Gasteiger partial charge in [-0.25, -0.2) is 15.0 Å². The second-order valence-electron chi connectivity index (χ2n) is 5.37. The van der Waals surface area contributed by atoms with E-state index in [1.54, 1.807) is 29.4 Å². The van der Waals surface area contributed by atoms with Gasteiger partial charge in [0.1, 0.15) is 16.5 Å². The molecule has 0 radical (unpaired) electrons. The minimum atomic E-state index is -4.52. The van der Waals surface area contributed by atoms with Crippen LogP contribution in [0.3, 0.4) is 0 Å². The fraction of sp³-hybridized carbons (Fsp3) is 0.312. The first kappa shape index (κ1) is 18.0. The van der Waals surface area contributed by atoms with Crippen LogP contribution in [0.15, 0.2) is 23.1 Å². The fourth-order valence-corrected chi connectivity index (χ4v) is 3.55. The number of hydrogen-bond donors (Lipinski definition) is 0. The van der Waals surface area contributed by atoms with Crippen molar-refractivity contribution in [3.8, 4) is 11.5 Å². The largest absolute Gasteiger partial charge is 0.433 e. The maximum atomic E-state index is 13.0. The van der Waals surface area contributed by atoms with Crippen molar-refractivity contribution in [2.24, 2.45) is 7.05 Å². The van der Waals surface area contributed by atoms with E-state index in [9.17, 15) is 13.2 Å². The molecular formula is C16H14ClF3N4S. The number of alkyl halides is 3. The summed E-state index contributed by atoms with van der Waals surface area (Å²) < 4.78 is 40.7. The van der Waals surface area contributed by atoms with Gasteiger partial charge in [0.15, 0.2) is 5.82 Å². The summed E-state index contributed by atoms with van der Waals surface area (Å²) in [5.74, 6) is 1.27. The minimum absolute atomic E-state index is 0.228. The Kier molecular flexibility index (Phi) is 4.68. The highest BCUT2D eigenvalue weighted by atomic mass is 35.5.